The van der Waals surface area contributed by atoms with Crippen LogP contribution in [0.4, 0.5) is 5.69 Å². The third-order valence-electron chi connectivity index (χ3n) is 2.53. The van der Waals surface area contributed by atoms with E-state index in [1.165, 1.54) is 11.3 Å². The Balaban J connectivity index is 2.26. The summed E-state index contributed by atoms with van der Waals surface area (Å²) in [4.78, 5) is 18.6. The van der Waals surface area contributed by atoms with E-state index >= 15 is 0 Å². The van der Waals surface area contributed by atoms with Gasteiger partial charge in [-0.2, -0.15) is 0 Å². The lowest BCUT2D eigenvalue weighted by Gasteiger charge is -2.16. The molecule has 0 spiro atoms. The maximum atomic E-state index is 12.2. The molecule has 3 nitrogen and oxygen atoms in total. The lowest BCUT2D eigenvalue weighted by Crippen LogP contribution is -2.25. The first-order chi connectivity index (χ1) is 8.08. The molecule has 1 heterocycles. The minimum atomic E-state index is -0.0128. The first-order valence-electron chi connectivity index (χ1n) is 5.35. The van der Waals surface area contributed by atoms with Gasteiger partial charge in [-0.05, 0) is 31.5 Å². The summed E-state index contributed by atoms with van der Waals surface area (Å²) in [6, 6.07) is 7.88. The number of carbonyl (C=O) groups is 1. The number of hydrogen-bond donors (Lipinski definition) is 0. The molecule has 1 aromatic carbocycles. The van der Waals surface area contributed by atoms with Crippen LogP contribution in [-0.4, -0.2) is 17.9 Å². The number of aryl methyl sites for hydroxylation is 2. The molecule has 0 atom stereocenters. The molecule has 0 saturated heterocycles. The third-order valence-corrected chi connectivity index (χ3v) is 3.43. The van der Waals surface area contributed by atoms with E-state index in [4.69, 9.17) is 0 Å². The highest BCUT2D eigenvalue weighted by molar-refractivity contribution is 7.13. The zero-order chi connectivity index (χ0) is 12.4. The van der Waals surface area contributed by atoms with Crippen molar-refractivity contribution in [1.29, 1.82) is 0 Å². The largest absolute Gasteiger partial charge is 0.311 e. The highest BCUT2D eigenvalue weighted by Gasteiger charge is 2.15. The van der Waals surface area contributed by atoms with Crippen molar-refractivity contribution in [1.82, 2.24) is 4.98 Å². The maximum absolute atomic E-state index is 12.2. The standard InChI is InChI=1S/C13H14N2OS/c1-9-5-4-6-11(7-9)15(3)13(16)12-8-14-10(2)17-12/h4-8H,1-3H3. The lowest BCUT2D eigenvalue weighted by molar-refractivity contribution is 0.0996. The predicted molar refractivity (Wildman–Crippen MR) is 70.8 cm³/mol. The molecule has 1 aromatic heterocycles. The molecular formula is C13H14N2OS. The summed E-state index contributed by atoms with van der Waals surface area (Å²) < 4.78 is 0. The van der Waals surface area contributed by atoms with E-state index in [1.807, 2.05) is 38.1 Å². The second-order valence-corrected chi connectivity index (χ2v) is 5.18. The molecule has 0 unspecified atom stereocenters. The van der Waals surface area contributed by atoms with Gasteiger partial charge in [0.2, 0.25) is 0 Å². The van der Waals surface area contributed by atoms with E-state index < -0.39 is 0 Å². The number of aromatic nitrogens is 1. The maximum Gasteiger partial charge on any atom is 0.269 e. The van der Waals surface area contributed by atoms with Crippen LogP contribution < -0.4 is 4.90 Å². The van der Waals surface area contributed by atoms with Gasteiger partial charge in [0.25, 0.3) is 5.91 Å². The molecule has 2 aromatic rings. The molecule has 4 heteroatoms. The molecule has 0 aliphatic rings. The van der Waals surface area contributed by atoms with Crippen molar-refractivity contribution in [3.63, 3.8) is 0 Å². The van der Waals surface area contributed by atoms with Crippen LogP contribution in [-0.2, 0) is 0 Å². The van der Waals surface area contributed by atoms with Crippen LogP contribution in [0.2, 0.25) is 0 Å². The van der Waals surface area contributed by atoms with Gasteiger partial charge in [-0.3, -0.25) is 4.79 Å². The van der Waals surface area contributed by atoms with Crippen molar-refractivity contribution in [2.75, 3.05) is 11.9 Å². The molecule has 0 saturated carbocycles. The fraction of sp³-hybridized carbons (Fsp3) is 0.231. The summed E-state index contributed by atoms with van der Waals surface area (Å²) >= 11 is 1.42. The Morgan fingerprint density at radius 2 is 2.12 bits per heavy atom. The topological polar surface area (TPSA) is 33.2 Å². The van der Waals surface area contributed by atoms with Crippen LogP contribution in [0.1, 0.15) is 20.2 Å². The van der Waals surface area contributed by atoms with E-state index in [9.17, 15) is 4.79 Å². The zero-order valence-corrected chi connectivity index (χ0v) is 10.9. The summed E-state index contributed by atoms with van der Waals surface area (Å²) in [6.07, 6.45) is 1.63. The molecule has 0 aliphatic carbocycles. The summed E-state index contributed by atoms with van der Waals surface area (Å²) in [5.74, 6) is -0.0128. The van der Waals surface area contributed by atoms with Gasteiger partial charge in [-0.1, -0.05) is 12.1 Å². The monoisotopic (exact) mass is 246 g/mol. The quantitative estimate of drug-likeness (QED) is 0.816. The van der Waals surface area contributed by atoms with Crippen molar-refractivity contribution >= 4 is 22.9 Å². The SMILES string of the molecule is Cc1cccc(N(C)C(=O)c2cnc(C)s2)c1. The third kappa shape index (κ3) is 2.53. The van der Waals surface area contributed by atoms with Gasteiger partial charge in [0, 0.05) is 12.7 Å². The first kappa shape index (κ1) is 11.8. The minimum Gasteiger partial charge on any atom is -0.311 e. The van der Waals surface area contributed by atoms with Crippen LogP contribution in [0.5, 0.6) is 0 Å². The van der Waals surface area contributed by atoms with E-state index in [1.54, 1.807) is 18.1 Å². The molecule has 2 rings (SSSR count). The van der Waals surface area contributed by atoms with Crippen LogP contribution in [0.15, 0.2) is 30.5 Å². The van der Waals surface area contributed by atoms with Gasteiger partial charge in [-0.25, -0.2) is 4.98 Å². The van der Waals surface area contributed by atoms with Gasteiger partial charge in [0.05, 0.1) is 11.2 Å². The van der Waals surface area contributed by atoms with Crippen molar-refractivity contribution in [3.8, 4) is 0 Å². The van der Waals surface area contributed by atoms with Crippen molar-refractivity contribution in [2.24, 2.45) is 0 Å². The minimum absolute atomic E-state index is 0.0128. The number of anilines is 1. The van der Waals surface area contributed by atoms with Gasteiger partial charge < -0.3 is 4.90 Å². The summed E-state index contributed by atoms with van der Waals surface area (Å²) in [5.41, 5.74) is 2.05. The normalized spacial score (nSPS) is 10.3. The number of amides is 1. The first-order valence-corrected chi connectivity index (χ1v) is 6.17. The van der Waals surface area contributed by atoms with Crippen molar-refractivity contribution in [2.45, 2.75) is 13.8 Å². The number of hydrogen-bond acceptors (Lipinski definition) is 3. The van der Waals surface area contributed by atoms with E-state index in [0.29, 0.717) is 4.88 Å². The zero-order valence-electron chi connectivity index (χ0n) is 10.1. The molecule has 88 valence electrons. The smallest absolute Gasteiger partial charge is 0.269 e. The number of rotatable bonds is 2. The van der Waals surface area contributed by atoms with Gasteiger partial charge in [0.1, 0.15) is 4.88 Å². The fourth-order valence-corrected chi connectivity index (χ4v) is 2.33. The number of thiazole rings is 1. The molecule has 0 fully saturated rings. The van der Waals surface area contributed by atoms with Gasteiger partial charge in [0.15, 0.2) is 0 Å². The van der Waals surface area contributed by atoms with Crippen LogP contribution >= 0.6 is 11.3 Å². The van der Waals surface area contributed by atoms with Crippen LogP contribution in [0, 0.1) is 13.8 Å². The Bertz CT molecular complexity index is 548. The Morgan fingerprint density at radius 3 is 2.71 bits per heavy atom. The van der Waals surface area contributed by atoms with Crippen molar-refractivity contribution < 1.29 is 4.79 Å². The Labute approximate surface area is 105 Å². The molecule has 0 N–H and O–H groups in total. The highest BCUT2D eigenvalue weighted by atomic mass is 32.1. The second kappa shape index (κ2) is 4.67. The molecule has 0 aliphatic heterocycles. The van der Waals surface area contributed by atoms with E-state index in [-0.39, 0.29) is 5.91 Å². The Morgan fingerprint density at radius 1 is 1.35 bits per heavy atom. The summed E-state index contributed by atoms with van der Waals surface area (Å²) in [7, 11) is 1.78. The predicted octanol–water partition coefficient (Wildman–Crippen LogP) is 3.04. The average Bonchev–Trinajstić information content (AvgIpc) is 2.74. The van der Waals surface area contributed by atoms with E-state index in [2.05, 4.69) is 4.98 Å². The highest BCUT2D eigenvalue weighted by Crippen LogP contribution is 2.19. The number of benzene rings is 1. The second-order valence-electron chi connectivity index (χ2n) is 3.95. The number of nitrogens with zero attached hydrogens (tertiary/aromatic N) is 2. The molecule has 17 heavy (non-hydrogen) atoms. The van der Waals surface area contributed by atoms with Gasteiger partial charge in [-0.15, -0.1) is 11.3 Å². The Kier molecular flexibility index (Phi) is 3.24. The molecule has 0 radical (unpaired) electrons. The van der Waals surface area contributed by atoms with E-state index in [0.717, 1.165) is 16.3 Å². The van der Waals surface area contributed by atoms with Crippen molar-refractivity contribution in [3.05, 3.63) is 45.9 Å². The summed E-state index contributed by atoms with van der Waals surface area (Å²) in [6.45, 7) is 3.91. The van der Waals surface area contributed by atoms with Crippen LogP contribution in [0.3, 0.4) is 0 Å². The summed E-state index contributed by atoms with van der Waals surface area (Å²) in [5, 5.41) is 0.908. The van der Waals surface area contributed by atoms with Crippen LogP contribution in [0.25, 0.3) is 0 Å². The average molecular weight is 246 g/mol. The lowest BCUT2D eigenvalue weighted by atomic mass is 10.2. The molecule has 1 amide bonds. The number of carbonyl (C=O) groups excluding carboxylic acids is 1. The Hall–Kier alpha value is -1.68. The van der Waals surface area contributed by atoms with Gasteiger partial charge >= 0.3 is 0 Å². The fourth-order valence-electron chi connectivity index (χ4n) is 1.58. The molecular weight excluding hydrogens is 232 g/mol. The molecule has 0 bridgehead atoms.